The third-order valence-corrected chi connectivity index (χ3v) is 8.32. The first-order chi connectivity index (χ1) is 15.0. The molecule has 3 rings (SSSR count). The fraction of sp³-hybridized carbons (Fsp3) is 0.348. The van der Waals surface area contributed by atoms with Crippen molar-refractivity contribution in [3.63, 3.8) is 0 Å². The molecule has 7 nitrogen and oxygen atoms in total. The van der Waals surface area contributed by atoms with Crippen LogP contribution < -0.4 is 4.80 Å². The molecule has 0 atom stereocenters. The number of aryl methyl sites for hydroxylation is 2. The minimum atomic E-state index is -3.52. The minimum absolute atomic E-state index is 0.0788. The predicted octanol–water partition coefficient (Wildman–Crippen LogP) is 3.81. The van der Waals surface area contributed by atoms with E-state index >= 15 is 0 Å². The van der Waals surface area contributed by atoms with Crippen molar-refractivity contribution in [3.8, 4) is 0 Å². The first-order valence-corrected chi connectivity index (χ1v) is 12.6. The van der Waals surface area contributed by atoms with Crippen LogP contribution in [0.25, 0.3) is 10.2 Å². The van der Waals surface area contributed by atoms with Crippen LogP contribution in [0.1, 0.15) is 42.3 Å². The van der Waals surface area contributed by atoms with E-state index in [9.17, 15) is 18.0 Å². The van der Waals surface area contributed by atoms with Gasteiger partial charge in [-0.1, -0.05) is 23.5 Å². The molecule has 170 valence electrons. The monoisotopic (exact) mass is 474 g/mol. The van der Waals surface area contributed by atoms with Gasteiger partial charge in [-0.2, -0.15) is 4.99 Å². The first-order valence-electron chi connectivity index (χ1n) is 10.2. The average Bonchev–Trinajstić information content (AvgIpc) is 3.05. The van der Waals surface area contributed by atoms with Crippen LogP contribution in [0, 0.1) is 13.8 Å². The summed E-state index contributed by atoms with van der Waals surface area (Å²) in [5, 5.41) is -0.606. The molecule has 0 saturated heterocycles. The van der Waals surface area contributed by atoms with Gasteiger partial charge >= 0.3 is 5.97 Å². The van der Waals surface area contributed by atoms with Gasteiger partial charge in [0.2, 0.25) is 0 Å². The number of carbonyl (C=O) groups excluding carboxylic acids is 2. The Morgan fingerprint density at radius 3 is 2.53 bits per heavy atom. The number of sulfone groups is 1. The van der Waals surface area contributed by atoms with Crippen LogP contribution in [0.15, 0.2) is 46.3 Å². The Morgan fingerprint density at radius 1 is 1.16 bits per heavy atom. The van der Waals surface area contributed by atoms with Crippen LogP contribution in [0.2, 0.25) is 0 Å². The Kier molecular flexibility index (Phi) is 7.00. The highest BCUT2D eigenvalue weighted by Crippen LogP contribution is 2.24. The fourth-order valence-corrected chi connectivity index (χ4v) is 5.50. The molecule has 0 unspecified atom stereocenters. The molecule has 0 aliphatic heterocycles. The molecule has 0 N–H and O–H groups in total. The van der Waals surface area contributed by atoms with Gasteiger partial charge in [-0.25, -0.2) is 8.42 Å². The van der Waals surface area contributed by atoms with Gasteiger partial charge in [0.15, 0.2) is 14.6 Å². The van der Waals surface area contributed by atoms with E-state index in [0.29, 0.717) is 4.80 Å². The van der Waals surface area contributed by atoms with E-state index in [0.717, 1.165) is 21.3 Å². The van der Waals surface area contributed by atoms with E-state index in [-0.39, 0.29) is 23.6 Å². The predicted molar refractivity (Wildman–Crippen MR) is 125 cm³/mol. The Bertz CT molecular complexity index is 1360. The van der Waals surface area contributed by atoms with Gasteiger partial charge in [0, 0.05) is 5.56 Å². The Hall–Kier alpha value is -2.78. The zero-order valence-electron chi connectivity index (χ0n) is 18.7. The van der Waals surface area contributed by atoms with E-state index in [1.54, 1.807) is 25.3 Å². The maximum atomic E-state index is 13.0. The van der Waals surface area contributed by atoms with Crippen LogP contribution in [0.3, 0.4) is 0 Å². The molecule has 0 radical (unpaired) electrons. The lowest BCUT2D eigenvalue weighted by atomic mass is 10.1. The lowest BCUT2D eigenvalue weighted by Crippen LogP contribution is -2.23. The molecule has 1 aromatic heterocycles. The average molecular weight is 475 g/mol. The number of nitrogens with zero attached hydrogens (tertiary/aromatic N) is 2. The number of esters is 1. The number of fused-ring (bicyclic) bond motifs is 1. The topological polar surface area (TPSA) is 94.8 Å². The summed E-state index contributed by atoms with van der Waals surface area (Å²) in [5.74, 6) is -1.00. The number of ether oxygens (including phenoxy) is 1. The molecule has 0 aliphatic rings. The SMILES string of the molecule is CCOC(=O)Cn1c(=NC(=O)c2cccc(S(=O)(=O)C(C)C)c2)sc2c(C)cc(C)cc21. The van der Waals surface area contributed by atoms with Crippen LogP contribution >= 0.6 is 11.3 Å². The molecule has 1 heterocycles. The van der Waals surface area contributed by atoms with Gasteiger partial charge in [-0.3, -0.25) is 9.59 Å². The molecule has 3 aromatic rings. The first kappa shape index (κ1) is 23.9. The summed E-state index contributed by atoms with van der Waals surface area (Å²) in [7, 11) is -3.52. The minimum Gasteiger partial charge on any atom is -0.465 e. The molecular weight excluding hydrogens is 448 g/mol. The van der Waals surface area contributed by atoms with E-state index in [2.05, 4.69) is 4.99 Å². The van der Waals surface area contributed by atoms with Crippen molar-refractivity contribution in [1.82, 2.24) is 4.57 Å². The quantitative estimate of drug-likeness (QED) is 0.507. The number of thiazole rings is 1. The molecule has 0 aliphatic carbocycles. The molecular formula is C23H26N2O5S2. The fourth-order valence-electron chi connectivity index (χ4n) is 3.32. The molecule has 0 fully saturated rings. The van der Waals surface area contributed by atoms with Gasteiger partial charge in [0.05, 0.1) is 27.0 Å². The Morgan fingerprint density at radius 2 is 1.88 bits per heavy atom. The molecule has 1 amide bonds. The molecule has 2 aromatic carbocycles. The smallest absolute Gasteiger partial charge is 0.326 e. The van der Waals surface area contributed by atoms with Gasteiger partial charge in [-0.05, 0) is 70.0 Å². The third kappa shape index (κ3) is 4.83. The molecule has 0 spiro atoms. The maximum Gasteiger partial charge on any atom is 0.326 e. The van der Waals surface area contributed by atoms with Gasteiger partial charge in [0.1, 0.15) is 6.54 Å². The van der Waals surface area contributed by atoms with Crippen molar-refractivity contribution in [2.75, 3.05) is 6.61 Å². The van der Waals surface area contributed by atoms with Crippen molar-refractivity contribution in [3.05, 3.63) is 57.9 Å². The summed E-state index contributed by atoms with van der Waals surface area (Å²) in [5.41, 5.74) is 3.00. The van der Waals surface area contributed by atoms with Crippen molar-refractivity contribution in [2.24, 2.45) is 4.99 Å². The standard InChI is InChI=1S/C23H26N2O5S2/c1-6-30-20(26)13-25-19-11-15(4)10-16(5)21(19)31-23(25)24-22(27)17-8-7-9-18(12-17)32(28,29)14(2)3/h7-12,14H,6,13H2,1-5H3. The normalized spacial score (nSPS) is 12.5. The number of aromatic nitrogens is 1. The summed E-state index contributed by atoms with van der Waals surface area (Å²) in [6, 6.07) is 9.85. The summed E-state index contributed by atoms with van der Waals surface area (Å²) < 4.78 is 32.7. The Labute approximate surface area is 191 Å². The number of rotatable bonds is 6. The molecule has 0 bridgehead atoms. The number of benzene rings is 2. The maximum absolute atomic E-state index is 13.0. The van der Waals surface area contributed by atoms with Crippen molar-refractivity contribution in [1.29, 1.82) is 0 Å². The van der Waals surface area contributed by atoms with Gasteiger partial charge in [0.25, 0.3) is 5.91 Å². The number of carbonyl (C=O) groups is 2. The largest absolute Gasteiger partial charge is 0.465 e. The second kappa shape index (κ2) is 9.38. The van der Waals surface area contributed by atoms with E-state index < -0.39 is 27.0 Å². The van der Waals surface area contributed by atoms with Crippen molar-refractivity contribution < 1.29 is 22.7 Å². The highest BCUT2D eigenvalue weighted by Gasteiger charge is 2.21. The summed E-state index contributed by atoms with van der Waals surface area (Å²) in [6.45, 7) is 9.01. The molecule has 9 heteroatoms. The molecule has 32 heavy (non-hydrogen) atoms. The van der Waals surface area contributed by atoms with Gasteiger partial charge in [-0.15, -0.1) is 0 Å². The summed E-state index contributed by atoms with van der Waals surface area (Å²) in [4.78, 5) is 29.9. The second-order valence-corrected chi connectivity index (χ2v) is 11.2. The van der Waals surface area contributed by atoms with Crippen molar-refractivity contribution in [2.45, 2.75) is 51.3 Å². The Balaban J connectivity index is 2.15. The highest BCUT2D eigenvalue weighted by atomic mass is 32.2. The van der Waals surface area contributed by atoms with Crippen LogP contribution in [-0.4, -0.2) is 36.7 Å². The van der Waals surface area contributed by atoms with Crippen LogP contribution in [0.5, 0.6) is 0 Å². The van der Waals surface area contributed by atoms with Crippen molar-refractivity contribution >= 4 is 43.3 Å². The number of amides is 1. The summed E-state index contributed by atoms with van der Waals surface area (Å²) in [6.07, 6.45) is 0. The van der Waals surface area contributed by atoms with Gasteiger partial charge < -0.3 is 9.30 Å². The van der Waals surface area contributed by atoms with E-state index in [4.69, 9.17) is 4.74 Å². The molecule has 0 saturated carbocycles. The second-order valence-electron chi connectivity index (χ2n) is 7.74. The number of hydrogen-bond acceptors (Lipinski definition) is 6. The zero-order chi connectivity index (χ0) is 23.6. The highest BCUT2D eigenvalue weighted by molar-refractivity contribution is 7.92. The van der Waals surface area contributed by atoms with Crippen LogP contribution in [0.4, 0.5) is 0 Å². The van der Waals surface area contributed by atoms with E-state index in [1.807, 2.05) is 26.0 Å². The lowest BCUT2D eigenvalue weighted by Gasteiger charge is -2.08. The number of hydrogen-bond donors (Lipinski definition) is 0. The van der Waals surface area contributed by atoms with E-state index in [1.165, 1.54) is 35.6 Å². The lowest BCUT2D eigenvalue weighted by molar-refractivity contribution is -0.143. The van der Waals surface area contributed by atoms with Crippen LogP contribution in [-0.2, 0) is 25.9 Å². The third-order valence-electron chi connectivity index (χ3n) is 4.93. The summed E-state index contributed by atoms with van der Waals surface area (Å²) >= 11 is 1.31. The zero-order valence-corrected chi connectivity index (χ0v) is 20.3.